The van der Waals surface area contributed by atoms with Crippen molar-refractivity contribution in [2.45, 2.75) is 25.3 Å². The molecule has 158 valence electrons. The monoisotopic (exact) mass is 427 g/mol. The number of amides is 1. The Labute approximate surface area is 182 Å². The van der Waals surface area contributed by atoms with Gasteiger partial charge in [-0.05, 0) is 49.7 Å². The van der Waals surface area contributed by atoms with Gasteiger partial charge in [0.25, 0.3) is 0 Å². The van der Waals surface area contributed by atoms with E-state index in [9.17, 15) is 9.59 Å². The quantitative estimate of drug-likeness (QED) is 0.606. The van der Waals surface area contributed by atoms with Crippen LogP contribution in [0, 0.1) is 0 Å². The predicted molar refractivity (Wildman–Crippen MR) is 120 cm³/mol. The van der Waals surface area contributed by atoms with Gasteiger partial charge in [-0.1, -0.05) is 30.3 Å². The van der Waals surface area contributed by atoms with E-state index in [0.29, 0.717) is 18.0 Å². The molecule has 7 heteroatoms. The van der Waals surface area contributed by atoms with Crippen LogP contribution in [-0.4, -0.2) is 35.6 Å². The minimum Gasteiger partial charge on any atom is -0.461 e. The first-order valence-corrected chi connectivity index (χ1v) is 9.94. The molecule has 0 spiro atoms. The first-order valence-electron chi connectivity index (χ1n) is 9.94. The highest BCUT2D eigenvalue weighted by Crippen LogP contribution is 2.29. The first-order chi connectivity index (χ1) is 14.1. The molecule has 3 aromatic rings. The maximum absolute atomic E-state index is 12.9. The second kappa shape index (κ2) is 9.32. The van der Waals surface area contributed by atoms with Crippen LogP contribution in [0.2, 0.25) is 0 Å². The lowest BCUT2D eigenvalue weighted by Crippen LogP contribution is -2.39. The molecule has 4 rings (SSSR count). The van der Waals surface area contributed by atoms with Gasteiger partial charge in [-0.15, -0.1) is 12.4 Å². The van der Waals surface area contributed by atoms with Crippen molar-refractivity contribution in [3.63, 3.8) is 0 Å². The number of hydrogen-bond donors (Lipinski definition) is 2. The first kappa shape index (κ1) is 21.9. The minimum atomic E-state index is -0.349. The zero-order valence-corrected chi connectivity index (χ0v) is 17.9. The smallest absolute Gasteiger partial charge is 0.354 e. The number of esters is 1. The number of benzene rings is 2. The van der Waals surface area contributed by atoms with Crippen molar-refractivity contribution in [2.24, 2.45) is 7.05 Å². The van der Waals surface area contributed by atoms with Crippen molar-refractivity contribution >= 4 is 40.9 Å². The average molecular weight is 428 g/mol. The predicted octanol–water partition coefficient (Wildman–Crippen LogP) is 3.86. The number of ether oxygens (including phenoxy) is 1. The van der Waals surface area contributed by atoms with Crippen LogP contribution in [0.5, 0.6) is 0 Å². The molecule has 1 aliphatic rings. The second-order valence-corrected chi connectivity index (χ2v) is 7.31. The van der Waals surface area contributed by atoms with E-state index in [1.807, 2.05) is 48.0 Å². The normalized spacial score (nSPS) is 18.1. The number of halogens is 1. The zero-order valence-electron chi connectivity index (χ0n) is 17.1. The number of fused-ring (bicyclic) bond motifs is 1. The summed E-state index contributed by atoms with van der Waals surface area (Å²) >= 11 is 0. The third-order valence-electron chi connectivity index (χ3n) is 5.53. The summed E-state index contributed by atoms with van der Waals surface area (Å²) in [5.74, 6) is -0.234. The summed E-state index contributed by atoms with van der Waals surface area (Å²) in [5.41, 5.74) is 3.29. The molecule has 2 N–H and O–H groups in total. The summed E-state index contributed by atoms with van der Waals surface area (Å²) in [4.78, 5) is 25.1. The Balaban J connectivity index is 0.00000256. The topological polar surface area (TPSA) is 72.4 Å². The Kier molecular flexibility index (Phi) is 6.80. The number of carbonyl (C=O) groups excluding carboxylic acids is 2. The van der Waals surface area contributed by atoms with Crippen molar-refractivity contribution in [3.8, 4) is 0 Å². The molecule has 0 aliphatic carbocycles. The average Bonchev–Trinajstić information content (AvgIpc) is 3.34. The van der Waals surface area contributed by atoms with Crippen LogP contribution < -0.4 is 10.6 Å². The zero-order chi connectivity index (χ0) is 20.4. The summed E-state index contributed by atoms with van der Waals surface area (Å²) in [6.45, 7) is 2.94. The third-order valence-corrected chi connectivity index (χ3v) is 5.53. The molecule has 1 saturated heterocycles. The molecule has 2 heterocycles. The van der Waals surface area contributed by atoms with E-state index in [-0.39, 0.29) is 36.2 Å². The number of nitrogens with zero attached hydrogens (tertiary/aromatic N) is 1. The van der Waals surface area contributed by atoms with Gasteiger partial charge in [-0.2, -0.15) is 0 Å². The van der Waals surface area contributed by atoms with E-state index >= 15 is 0 Å². The maximum atomic E-state index is 12.9. The van der Waals surface area contributed by atoms with Crippen LogP contribution in [0.3, 0.4) is 0 Å². The van der Waals surface area contributed by atoms with Gasteiger partial charge in [0.2, 0.25) is 5.91 Å². The Morgan fingerprint density at radius 1 is 1.17 bits per heavy atom. The van der Waals surface area contributed by atoms with E-state index in [1.165, 1.54) is 5.56 Å². The lowest BCUT2D eigenvalue weighted by atomic mass is 9.91. The van der Waals surface area contributed by atoms with Crippen molar-refractivity contribution < 1.29 is 14.3 Å². The number of rotatable bonds is 5. The highest BCUT2D eigenvalue weighted by molar-refractivity contribution is 6.00. The maximum Gasteiger partial charge on any atom is 0.354 e. The van der Waals surface area contributed by atoms with Gasteiger partial charge in [0.05, 0.1) is 12.6 Å². The highest BCUT2D eigenvalue weighted by Gasteiger charge is 2.33. The molecule has 0 saturated carbocycles. The van der Waals surface area contributed by atoms with Crippen LogP contribution in [0.1, 0.15) is 35.3 Å². The van der Waals surface area contributed by atoms with Crippen molar-refractivity contribution in [3.05, 3.63) is 65.9 Å². The lowest BCUT2D eigenvalue weighted by Gasteiger charge is -2.19. The Bertz CT molecular complexity index is 1050. The minimum absolute atomic E-state index is 0. The van der Waals surface area contributed by atoms with Gasteiger partial charge in [0, 0.05) is 29.6 Å². The molecule has 2 atom stereocenters. The van der Waals surface area contributed by atoms with Gasteiger partial charge in [0.1, 0.15) is 5.69 Å². The molecule has 0 bridgehead atoms. The van der Waals surface area contributed by atoms with Crippen LogP contribution in [-0.2, 0) is 16.6 Å². The molecule has 0 unspecified atom stereocenters. The van der Waals surface area contributed by atoms with Crippen molar-refractivity contribution in [2.75, 3.05) is 18.5 Å². The van der Waals surface area contributed by atoms with E-state index in [2.05, 4.69) is 22.8 Å². The molecule has 1 fully saturated rings. The van der Waals surface area contributed by atoms with Gasteiger partial charge >= 0.3 is 5.97 Å². The Morgan fingerprint density at radius 3 is 2.67 bits per heavy atom. The van der Waals surface area contributed by atoms with Gasteiger partial charge in [-0.3, -0.25) is 4.79 Å². The van der Waals surface area contributed by atoms with Gasteiger partial charge < -0.3 is 19.9 Å². The van der Waals surface area contributed by atoms with Crippen molar-refractivity contribution in [1.82, 2.24) is 9.88 Å². The van der Waals surface area contributed by atoms with Crippen LogP contribution in [0.25, 0.3) is 10.9 Å². The summed E-state index contributed by atoms with van der Waals surface area (Å²) in [5, 5.41) is 7.24. The molecule has 30 heavy (non-hydrogen) atoms. The van der Waals surface area contributed by atoms with Crippen molar-refractivity contribution in [1.29, 1.82) is 0 Å². The van der Waals surface area contributed by atoms with Crippen LogP contribution in [0.4, 0.5) is 5.69 Å². The molecule has 1 aromatic heterocycles. The number of aryl methyl sites for hydroxylation is 1. The summed E-state index contributed by atoms with van der Waals surface area (Å²) in [7, 11) is 1.83. The summed E-state index contributed by atoms with van der Waals surface area (Å²) < 4.78 is 6.93. The largest absolute Gasteiger partial charge is 0.461 e. The lowest BCUT2D eigenvalue weighted by molar-refractivity contribution is -0.118. The third kappa shape index (κ3) is 4.20. The standard InChI is InChI=1S/C23H25N3O3.ClH/c1-3-29-23(28)20-14-16-13-17(9-10-19(16)26(20)2)25-22(27)21-18(11-12-24-21)15-7-5-4-6-8-15;/h4-10,13-14,18,21,24H,3,11-12H2,1-2H3,(H,25,27);1H/t18-,21+;/m0./s1. The fourth-order valence-electron chi connectivity index (χ4n) is 4.09. The number of hydrogen-bond acceptors (Lipinski definition) is 4. The molecule has 0 radical (unpaired) electrons. The van der Waals surface area contributed by atoms with E-state index < -0.39 is 0 Å². The molecule has 6 nitrogen and oxygen atoms in total. The van der Waals surface area contributed by atoms with Gasteiger partial charge in [0.15, 0.2) is 0 Å². The second-order valence-electron chi connectivity index (χ2n) is 7.31. The van der Waals surface area contributed by atoms with E-state index in [1.54, 1.807) is 13.0 Å². The van der Waals surface area contributed by atoms with E-state index in [0.717, 1.165) is 23.9 Å². The number of anilines is 1. The molecular weight excluding hydrogens is 402 g/mol. The van der Waals surface area contributed by atoms with Crippen LogP contribution >= 0.6 is 12.4 Å². The molecule has 1 amide bonds. The molecular formula is C23H26ClN3O3. The summed E-state index contributed by atoms with van der Waals surface area (Å²) in [6.07, 6.45) is 0.933. The fourth-order valence-corrected chi connectivity index (χ4v) is 4.09. The number of carbonyl (C=O) groups is 2. The number of nitrogens with one attached hydrogen (secondary N) is 2. The number of aromatic nitrogens is 1. The molecule has 1 aliphatic heterocycles. The fraction of sp³-hybridized carbons (Fsp3) is 0.304. The SMILES string of the molecule is CCOC(=O)c1cc2cc(NC(=O)[C@@H]3NCC[C@H]3c3ccccc3)ccc2n1C.Cl. The Hall–Kier alpha value is -2.83. The van der Waals surface area contributed by atoms with Gasteiger partial charge in [-0.25, -0.2) is 4.79 Å². The highest BCUT2D eigenvalue weighted by atomic mass is 35.5. The van der Waals surface area contributed by atoms with E-state index in [4.69, 9.17) is 4.74 Å². The summed E-state index contributed by atoms with van der Waals surface area (Å²) in [6, 6.07) is 17.3. The van der Waals surface area contributed by atoms with Crippen LogP contribution in [0.15, 0.2) is 54.6 Å². The Morgan fingerprint density at radius 2 is 1.93 bits per heavy atom. The molecule has 2 aromatic carbocycles.